The third-order valence-corrected chi connectivity index (χ3v) is 55.9. The molecule has 33 atom stereocenters. The summed E-state index contributed by atoms with van der Waals surface area (Å²) in [5, 5.41) is 32.8. The number of fused-ring (bicyclic) bond motifs is 21. The van der Waals surface area contributed by atoms with Gasteiger partial charge in [0.25, 0.3) is 0 Å². The third kappa shape index (κ3) is 15.2. The number of carbonyl (C=O) groups excluding carboxylic acids is 2. The van der Waals surface area contributed by atoms with E-state index in [0.717, 1.165) is 80.8 Å². The van der Waals surface area contributed by atoms with E-state index in [0.29, 0.717) is 117 Å². The third-order valence-electron chi connectivity index (χ3n) is 47.0. The van der Waals surface area contributed by atoms with Crippen molar-refractivity contribution in [2.45, 2.75) is 430 Å². The fourth-order valence-corrected chi connectivity index (χ4v) is 38.9. The maximum atomic E-state index is 12.0. The summed E-state index contributed by atoms with van der Waals surface area (Å²) in [4.78, 5) is 23.9. The molecule has 0 radical (unpaired) electrons. The van der Waals surface area contributed by atoms with Gasteiger partial charge in [-0.25, -0.2) is 0 Å². The average Bonchev–Trinajstić information content (AvgIpc) is 1.64. The van der Waals surface area contributed by atoms with Crippen LogP contribution >= 0.6 is 0 Å². The fraction of sp³-hybridized carbons (Fsp3) is 0.928. The minimum absolute atomic E-state index is 0. The van der Waals surface area contributed by atoms with Crippen LogP contribution in [-0.2, 0) is 27.9 Å². The second-order valence-electron chi connectivity index (χ2n) is 53.1. The summed E-state index contributed by atoms with van der Waals surface area (Å²) in [5.74, 6) is 10.7. The quantitative estimate of drug-likeness (QED) is 0.0833. The molecule has 0 heterocycles. The lowest BCUT2D eigenvalue weighted by molar-refractivity contribution is -0.255. The van der Waals surface area contributed by atoms with E-state index in [1.54, 1.807) is 13.8 Å². The molecule has 15 saturated carbocycles. The van der Waals surface area contributed by atoms with Crippen molar-refractivity contribution in [2.24, 2.45) is 182 Å². The Hall–Kier alpha value is -1.61. The van der Waals surface area contributed by atoms with Crippen LogP contribution in [0, 0.1) is 182 Å². The minimum Gasteiger partial charge on any atom is -0.465 e. The second kappa shape index (κ2) is 34.1. The van der Waals surface area contributed by atoms with Crippen LogP contribution in [-0.4, -0.2) is 89.6 Å². The van der Waals surface area contributed by atoms with Crippen LogP contribution in [0.3, 0.4) is 0 Å². The van der Waals surface area contributed by atoms with E-state index in [4.69, 9.17) is 19.7 Å². The summed E-state index contributed by atoms with van der Waals surface area (Å²) >= 11 is 0. The highest BCUT2D eigenvalue weighted by molar-refractivity contribution is 6.74. The zero-order valence-electron chi connectivity index (χ0n) is 84.8. The first-order valence-corrected chi connectivity index (χ1v) is 56.0. The highest BCUT2D eigenvalue weighted by atomic mass is 28.4. The maximum absolute atomic E-state index is 12.0. The van der Waals surface area contributed by atoms with Gasteiger partial charge in [-0.1, -0.05) is 197 Å². The molecule has 0 aromatic carbocycles. The Kier molecular flexibility index (Phi) is 28.2. The molecule has 11 heteroatoms. The molecule has 0 aliphatic heterocycles. The van der Waals surface area contributed by atoms with E-state index in [2.05, 4.69) is 205 Å². The molecule has 15 rings (SSSR count). The normalized spacial score (nSPS) is 49.6. The molecular weight excluding hydrogens is 1530 g/mol. The monoisotopic (exact) mass is 1730 g/mol. The number of rotatable bonds is 15. The van der Waals surface area contributed by atoms with E-state index >= 15 is 0 Å². The Morgan fingerprint density at radius 1 is 0.361 bits per heavy atom. The van der Waals surface area contributed by atoms with Gasteiger partial charge in [-0.2, -0.15) is 0 Å². The van der Waals surface area contributed by atoms with Crippen molar-refractivity contribution in [2.75, 3.05) is 39.6 Å². The number of esters is 2. The van der Waals surface area contributed by atoms with Crippen LogP contribution in [0.5, 0.6) is 0 Å². The van der Waals surface area contributed by atoms with Crippen LogP contribution in [0.4, 0.5) is 0 Å². The number of hydrogen-bond acceptors (Lipinski definition) is 9. The first-order valence-electron chi connectivity index (χ1n) is 51.2. The van der Waals surface area contributed by atoms with Crippen molar-refractivity contribution < 1.29 is 44.6 Å². The molecule has 12 unspecified atom stereocenters. The molecule has 0 aromatic heterocycles. The molecule has 3 N–H and O–H groups in total. The molecule has 15 aliphatic rings. The van der Waals surface area contributed by atoms with Gasteiger partial charge in [0.2, 0.25) is 0 Å². The number of allylic oxidation sites excluding steroid dienone is 3. The molecule has 704 valence electrons. The zero-order valence-corrected chi connectivity index (χ0v) is 85.8. The molecule has 0 bridgehead atoms. The number of aliphatic hydroxyl groups is 3. The molecule has 0 aromatic rings. The molecule has 0 amide bonds. The van der Waals surface area contributed by atoms with Gasteiger partial charge in [0.15, 0.2) is 16.6 Å². The van der Waals surface area contributed by atoms with Gasteiger partial charge >= 0.3 is 11.9 Å². The molecule has 0 saturated heterocycles. The number of aliphatic hydroxyl groups excluding tert-OH is 3. The van der Waals surface area contributed by atoms with E-state index in [9.17, 15) is 24.9 Å². The Bertz CT molecular complexity index is 3780. The molecular formula is C111H198O9Si2. The Balaban J connectivity index is 0.000000190. The number of hydrogen-bond donors (Lipinski definition) is 3. The van der Waals surface area contributed by atoms with E-state index < -0.39 is 28.2 Å². The van der Waals surface area contributed by atoms with Crippen LogP contribution in [0.2, 0.25) is 36.3 Å². The summed E-state index contributed by atoms with van der Waals surface area (Å²) in [5.41, 5.74) is 7.40. The van der Waals surface area contributed by atoms with Gasteiger partial charge in [-0.3, -0.25) is 9.59 Å². The van der Waals surface area contributed by atoms with E-state index in [1.807, 2.05) is 0 Å². The van der Waals surface area contributed by atoms with Crippen LogP contribution in [0.25, 0.3) is 0 Å². The molecule has 0 spiro atoms. The van der Waals surface area contributed by atoms with Crippen molar-refractivity contribution in [1.29, 1.82) is 0 Å². The van der Waals surface area contributed by atoms with Crippen molar-refractivity contribution in [3.8, 4) is 0 Å². The van der Waals surface area contributed by atoms with Crippen molar-refractivity contribution in [1.82, 2.24) is 0 Å². The predicted octanol–water partition coefficient (Wildman–Crippen LogP) is 29.6. The van der Waals surface area contributed by atoms with Crippen molar-refractivity contribution in [3.05, 3.63) is 36.5 Å². The first-order chi connectivity index (χ1) is 55.8. The summed E-state index contributed by atoms with van der Waals surface area (Å²) in [6.07, 6.45) is 37.2. The van der Waals surface area contributed by atoms with Crippen LogP contribution in [0.15, 0.2) is 36.5 Å². The predicted molar refractivity (Wildman–Crippen MR) is 518 cm³/mol. The molecule has 122 heavy (non-hydrogen) atoms. The van der Waals surface area contributed by atoms with E-state index in [-0.39, 0.29) is 86.8 Å². The smallest absolute Gasteiger partial charge is 0.302 e. The first kappa shape index (κ1) is 101. The topological polar surface area (TPSA) is 132 Å². The fourth-order valence-electron chi connectivity index (χ4n) is 36.7. The highest BCUT2D eigenvalue weighted by Gasteiger charge is 2.76. The lowest BCUT2D eigenvalue weighted by Gasteiger charge is -2.73. The summed E-state index contributed by atoms with van der Waals surface area (Å²) in [6, 6.07) is 0. The number of carbonyl (C=O) groups is 2. The SMILES string of the molecule is C.C.C=C(C)[C@@H]1CC[C@]2(CO)CC[C@]3(C)C(CCC4[C@@]5(C)CC[C@H](C)[C@@](C)(CO[Si](C)(C)C(C)(C)C)C5CC[C@]43C)C12.C=C(C)[C@@H]1CC[C@]2(COC(C)=O)CC[C@]3(C)C(CCC4[C@@]5(C)CC[C@H](C)[C@@](C)(CO[Si](C)(C)C(C)(C)C)C5CC[C@]43C)C12.C=C(C)[C@@H]1CC[C@]2(COC(C)=O)CC[C@]3(C)C(CCC4[C@@]5(C)CC[C@H](O)[C@@](C)(CO)C5CC[C@]43C)C12.[2H]C. The summed E-state index contributed by atoms with van der Waals surface area (Å²) in [6.45, 7) is 87.8. The Morgan fingerprint density at radius 3 is 0.934 bits per heavy atom. The average molecular weight is 1730 g/mol. The standard InChI is InChI=1S/C39H68O3Si.C37H66O2Si.C32H52O4.3CH4/c1-26(2)29-17-21-39(25-41-28(4)40)23-22-37(10)30(33(29)39)14-15-32-35(8)19-16-27(3)36(9,31(35)18-20-38(32,37)11)24-42-43(12,13)34(5,6)7;1-25(2)27-16-20-37(23-38)22-21-35(9)28(31(27)37)13-14-30-33(7)18-15-26(3)34(8,29(33)17-19-36(30,35)10)24-39-40(11,12)32(4,5)6;1-20(2)22-10-15-32(19-36-21(3)34)17-16-30(6)23(27(22)32)8-9-25-28(4)13-12-26(35)29(5,18-33)24(28)11-14-31(25,30)7;;;/h27,29-33H,1,14-25H2,2-13H3;26-31,38H,1,13-24H2,2-12H3;22-27,33,35H,1,8-19H2,2-7H3;3*1H4/t27-,29-,30?,31?,32?,33?,35-,36+,37+,38+,39+;26-,27-,28?,29?,30?,31?,33-,34+,35+,36+,37+;22-,23?,24?,25?,26-,27?,28-,29-,30+,31+,32+;;;/m000.../s1/i;;;1D;;. The Morgan fingerprint density at radius 2 is 0.648 bits per heavy atom. The maximum Gasteiger partial charge on any atom is 0.302 e. The lowest BCUT2D eigenvalue weighted by atomic mass is 9.32. The van der Waals surface area contributed by atoms with Crippen LogP contribution < -0.4 is 0 Å². The highest BCUT2D eigenvalue weighted by Crippen LogP contribution is 2.83. The van der Waals surface area contributed by atoms with Gasteiger partial charge in [0.1, 0.15) is 0 Å². The largest absolute Gasteiger partial charge is 0.465 e. The van der Waals surface area contributed by atoms with Crippen molar-refractivity contribution in [3.63, 3.8) is 0 Å². The van der Waals surface area contributed by atoms with Gasteiger partial charge in [0, 0.05) is 51.3 Å². The van der Waals surface area contributed by atoms with Crippen molar-refractivity contribution >= 4 is 28.6 Å². The molecule has 15 aliphatic carbocycles. The lowest BCUT2D eigenvalue weighted by Crippen LogP contribution is -2.67. The molecule has 15 fully saturated rings. The van der Waals surface area contributed by atoms with Gasteiger partial charge in [-0.15, -0.1) is 0 Å². The van der Waals surface area contributed by atoms with Gasteiger partial charge in [0.05, 0.1) is 25.9 Å². The van der Waals surface area contributed by atoms with Crippen LogP contribution in [0.1, 0.15) is 389 Å². The van der Waals surface area contributed by atoms with E-state index in [1.165, 1.54) is 185 Å². The zero-order chi connectivity index (χ0) is 90.1. The summed E-state index contributed by atoms with van der Waals surface area (Å²) < 4.78 is 31.6. The van der Waals surface area contributed by atoms with Gasteiger partial charge in [-0.05, 0) is 415 Å². The number of ether oxygens (including phenoxy) is 2. The second-order valence-corrected chi connectivity index (χ2v) is 62.7. The summed E-state index contributed by atoms with van der Waals surface area (Å²) in [7, 11) is -2.37. The molecule has 9 nitrogen and oxygen atoms in total. The Labute approximate surface area is 756 Å². The minimum atomic E-state index is -1.82. The van der Waals surface area contributed by atoms with Gasteiger partial charge < -0.3 is 33.6 Å².